The highest BCUT2D eigenvalue weighted by atomic mass is 16.4. The number of carbonyl (C=O) groups excluding carboxylic acids is 4. The van der Waals surface area contributed by atoms with Crippen LogP contribution in [-0.2, 0) is 28.8 Å². The van der Waals surface area contributed by atoms with Crippen molar-refractivity contribution >= 4 is 35.6 Å². The van der Waals surface area contributed by atoms with Gasteiger partial charge in [-0.3, -0.25) is 24.0 Å². The summed E-state index contributed by atoms with van der Waals surface area (Å²) < 4.78 is 0. The predicted molar refractivity (Wildman–Crippen MR) is 124 cm³/mol. The maximum absolute atomic E-state index is 12.8. The Kier molecular flexibility index (Phi) is 14.9. The van der Waals surface area contributed by atoms with Gasteiger partial charge in [0.2, 0.25) is 23.6 Å². The smallest absolute Gasteiger partial charge is 0.326 e. The molecule has 0 aliphatic rings. The summed E-state index contributed by atoms with van der Waals surface area (Å²) in [6.45, 7) is 3.99. The molecule has 4 atom stereocenters. The van der Waals surface area contributed by atoms with E-state index < -0.39 is 66.2 Å². The van der Waals surface area contributed by atoms with Gasteiger partial charge in [0, 0.05) is 6.42 Å². The average Bonchev–Trinajstić information content (AvgIpc) is 2.73. The van der Waals surface area contributed by atoms with E-state index in [9.17, 15) is 39.0 Å². The Balaban J connectivity index is 5.54. The summed E-state index contributed by atoms with van der Waals surface area (Å²) in [6, 6.07) is -5.17. The van der Waals surface area contributed by atoms with Gasteiger partial charge in [-0.2, -0.15) is 0 Å². The zero-order chi connectivity index (χ0) is 27.1. The van der Waals surface area contributed by atoms with Crippen molar-refractivity contribution in [3.63, 3.8) is 0 Å². The van der Waals surface area contributed by atoms with Gasteiger partial charge in [0.05, 0.1) is 12.5 Å². The molecule has 4 amide bonds. The topological polar surface area (TPSA) is 257 Å². The molecule has 0 aliphatic heterocycles. The molecule has 0 saturated carbocycles. The van der Waals surface area contributed by atoms with Crippen LogP contribution in [-0.4, -0.2) is 76.5 Å². The lowest BCUT2D eigenvalue weighted by Crippen LogP contribution is -2.57. The SMILES string of the molecule is CC(C)CC(N)C(=O)NC(CC(=O)O)C(=O)NC(CCCCN)C(=O)NC(CCC(N)=O)C(=O)O. The molecule has 0 heterocycles. The van der Waals surface area contributed by atoms with Crippen molar-refractivity contribution in [3.05, 3.63) is 0 Å². The molecule has 0 aromatic heterocycles. The van der Waals surface area contributed by atoms with Crippen molar-refractivity contribution in [1.82, 2.24) is 16.0 Å². The molecule has 0 saturated heterocycles. The second kappa shape index (κ2) is 16.4. The summed E-state index contributed by atoms with van der Waals surface area (Å²) in [4.78, 5) is 71.6. The highest BCUT2D eigenvalue weighted by molar-refractivity contribution is 5.95. The van der Waals surface area contributed by atoms with E-state index in [4.69, 9.17) is 17.2 Å². The molecule has 0 aliphatic carbocycles. The molecule has 0 rings (SSSR count). The Morgan fingerprint density at radius 2 is 1.34 bits per heavy atom. The van der Waals surface area contributed by atoms with E-state index in [1.807, 2.05) is 13.8 Å². The summed E-state index contributed by atoms with van der Waals surface area (Å²) >= 11 is 0. The van der Waals surface area contributed by atoms with Crippen molar-refractivity contribution < 1.29 is 39.0 Å². The van der Waals surface area contributed by atoms with E-state index in [1.54, 1.807) is 0 Å². The first-order chi connectivity index (χ1) is 16.3. The average molecular weight is 503 g/mol. The fourth-order valence-corrected chi connectivity index (χ4v) is 3.13. The van der Waals surface area contributed by atoms with Crippen LogP contribution in [0.4, 0.5) is 0 Å². The van der Waals surface area contributed by atoms with Gasteiger partial charge in [-0.15, -0.1) is 0 Å². The van der Waals surface area contributed by atoms with E-state index >= 15 is 0 Å². The lowest BCUT2D eigenvalue weighted by atomic mass is 10.0. The Morgan fingerprint density at radius 1 is 0.800 bits per heavy atom. The zero-order valence-electron chi connectivity index (χ0n) is 20.1. The van der Waals surface area contributed by atoms with Crippen molar-refractivity contribution in [2.75, 3.05) is 6.54 Å². The minimum absolute atomic E-state index is 0.0670. The van der Waals surface area contributed by atoms with Crippen LogP contribution in [0.15, 0.2) is 0 Å². The summed E-state index contributed by atoms with van der Waals surface area (Å²) in [7, 11) is 0. The number of nitrogens with one attached hydrogen (secondary N) is 3. The van der Waals surface area contributed by atoms with Crippen molar-refractivity contribution in [3.8, 4) is 0 Å². The monoisotopic (exact) mass is 502 g/mol. The largest absolute Gasteiger partial charge is 0.481 e. The van der Waals surface area contributed by atoms with Gasteiger partial charge in [0.1, 0.15) is 18.1 Å². The van der Waals surface area contributed by atoms with Crippen LogP contribution in [0.25, 0.3) is 0 Å². The van der Waals surface area contributed by atoms with Gasteiger partial charge in [0.15, 0.2) is 0 Å². The van der Waals surface area contributed by atoms with Crippen molar-refractivity contribution in [1.29, 1.82) is 0 Å². The maximum atomic E-state index is 12.8. The molecular weight excluding hydrogens is 464 g/mol. The molecule has 35 heavy (non-hydrogen) atoms. The highest BCUT2D eigenvalue weighted by Crippen LogP contribution is 2.07. The molecule has 4 unspecified atom stereocenters. The minimum Gasteiger partial charge on any atom is -0.481 e. The Bertz CT molecular complexity index is 760. The number of unbranched alkanes of at least 4 members (excludes halogenated alkanes) is 1. The number of hydrogen-bond donors (Lipinski definition) is 8. The number of carboxylic acid groups (broad SMARTS) is 2. The van der Waals surface area contributed by atoms with E-state index in [2.05, 4.69) is 16.0 Å². The van der Waals surface area contributed by atoms with Gasteiger partial charge in [0.25, 0.3) is 0 Å². The molecule has 0 bridgehead atoms. The van der Waals surface area contributed by atoms with E-state index in [1.165, 1.54) is 0 Å². The molecule has 14 nitrogen and oxygen atoms in total. The molecule has 0 aromatic rings. The van der Waals surface area contributed by atoms with Gasteiger partial charge in [-0.1, -0.05) is 13.8 Å². The molecule has 11 N–H and O–H groups in total. The Morgan fingerprint density at radius 3 is 1.83 bits per heavy atom. The van der Waals surface area contributed by atoms with Gasteiger partial charge >= 0.3 is 11.9 Å². The van der Waals surface area contributed by atoms with Crippen LogP contribution in [0.5, 0.6) is 0 Å². The molecule has 0 radical (unpaired) electrons. The quantitative estimate of drug-likeness (QED) is 0.0935. The highest BCUT2D eigenvalue weighted by Gasteiger charge is 2.31. The van der Waals surface area contributed by atoms with Crippen LogP contribution in [0.1, 0.15) is 58.8 Å². The first-order valence-electron chi connectivity index (χ1n) is 11.4. The number of primary amides is 1. The molecule has 0 spiro atoms. The number of nitrogens with two attached hydrogens (primary N) is 3. The van der Waals surface area contributed by atoms with Crippen LogP contribution in [0, 0.1) is 5.92 Å². The first-order valence-corrected chi connectivity index (χ1v) is 11.4. The lowest BCUT2D eigenvalue weighted by Gasteiger charge is -2.25. The van der Waals surface area contributed by atoms with Crippen LogP contribution in [0.3, 0.4) is 0 Å². The number of rotatable bonds is 18. The predicted octanol–water partition coefficient (Wildman–Crippen LogP) is -2.23. The van der Waals surface area contributed by atoms with Crippen LogP contribution >= 0.6 is 0 Å². The number of hydrogen-bond acceptors (Lipinski definition) is 8. The summed E-state index contributed by atoms with van der Waals surface area (Å²) in [5.74, 6) is -5.97. The van der Waals surface area contributed by atoms with Crippen molar-refractivity contribution in [2.45, 2.75) is 83.0 Å². The second-order valence-corrected chi connectivity index (χ2v) is 8.65. The standard InChI is InChI=1S/C21H38N6O8/c1-11(2)9-12(23)18(31)27-15(10-17(29)30)20(33)25-13(5-3-4-8-22)19(32)26-14(21(34)35)6-7-16(24)28/h11-15H,3-10,22-23H2,1-2H3,(H2,24,28)(H,25,33)(H,26,32)(H,27,31)(H,29,30)(H,34,35). The Hall–Kier alpha value is -3.26. The number of aliphatic carboxylic acids is 2. The molecule has 0 aromatic carbocycles. The second-order valence-electron chi connectivity index (χ2n) is 8.65. The number of carboxylic acids is 2. The fourth-order valence-electron chi connectivity index (χ4n) is 3.13. The summed E-state index contributed by atoms with van der Waals surface area (Å²) in [5.41, 5.74) is 16.3. The minimum atomic E-state index is -1.52. The molecule has 200 valence electrons. The third-order valence-corrected chi connectivity index (χ3v) is 4.95. The van der Waals surface area contributed by atoms with Crippen LogP contribution in [0.2, 0.25) is 0 Å². The van der Waals surface area contributed by atoms with E-state index in [0.717, 1.165) is 0 Å². The van der Waals surface area contributed by atoms with Gasteiger partial charge in [-0.25, -0.2) is 4.79 Å². The third-order valence-electron chi connectivity index (χ3n) is 4.95. The molecule has 0 fully saturated rings. The van der Waals surface area contributed by atoms with Crippen LogP contribution < -0.4 is 33.2 Å². The van der Waals surface area contributed by atoms with Gasteiger partial charge < -0.3 is 43.4 Å². The lowest BCUT2D eigenvalue weighted by molar-refractivity contribution is -0.143. The summed E-state index contributed by atoms with van der Waals surface area (Å²) in [5, 5.41) is 25.4. The van der Waals surface area contributed by atoms with E-state index in [0.29, 0.717) is 25.8 Å². The van der Waals surface area contributed by atoms with Crippen molar-refractivity contribution in [2.24, 2.45) is 23.1 Å². The Labute approximate surface area is 203 Å². The molecular formula is C21H38N6O8. The van der Waals surface area contributed by atoms with Gasteiger partial charge in [-0.05, 0) is 44.6 Å². The summed E-state index contributed by atoms with van der Waals surface area (Å²) in [6.07, 6.45) is -0.0432. The maximum Gasteiger partial charge on any atom is 0.326 e. The number of amides is 4. The normalized spacial score (nSPS) is 14.3. The number of carbonyl (C=O) groups is 6. The molecule has 14 heteroatoms. The zero-order valence-corrected chi connectivity index (χ0v) is 20.1. The van der Waals surface area contributed by atoms with E-state index in [-0.39, 0.29) is 25.2 Å². The first kappa shape index (κ1) is 31.7. The third kappa shape index (κ3) is 13.9. The fraction of sp³-hybridized carbons (Fsp3) is 0.714.